The van der Waals surface area contributed by atoms with Gasteiger partial charge in [0.05, 0.1) is 36.3 Å². The van der Waals surface area contributed by atoms with Gasteiger partial charge in [0.1, 0.15) is 9.88 Å². The number of thiazole rings is 1. The number of halogens is 1. The Balaban J connectivity index is 1.95. The summed E-state index contributed by atoms with van der Waals surface area (Å²) in [6.45, 7) is 2.64. The molecule has 19 heavy (non-hydrogen) atoms. The van der Waals surface area contributed by atoms with Crippen molar-refractivity contribution in [3.63, 3.8) is 0 Å². The highest BCUT2D eigenvalue weighted by Gasteiger charge is 2.11. The van der Waals surface area contributed by atoms with Crippen LogP contribution >= 0.6 is 22.9 Å². The molecule has 0 aliphatic heterocycles. The number of nitrogens with one attached hydrogen (secondary N) is 1. The minimum Gasteiger partial charge on any atom is -0.462 e. The fourth-order valence-corrected chi connectivity index (χ4v) is 2.30. The van der Waals surface area contributed by atoms with Crippen molar-refractivity contribution in [3.05, 3.63) is 39.6 Å². The number of aromatic nitrogens is 2. The maximum absolute atomic E-state index is 11.5. The van der Waals surface area contributed by atoms with E-state index in [0.717, 1.165) is 10.7 Å². The lowest BCUT2D eigenvalue weighted by atomic mass is 10.4. The van der Waals surface area contributed by atoms with E-state index in [0.29, 0.717) is 23.1 Å². The van der Waals surface area contributed by atoms with Crippen LogP contribution in [0.15, 0.2) is 24.7 Å². The minimum absolute atomic E-state index is 0.337. The Bertz CT molecular complexity index is 574. The molecular weight excluding hydrogens is 286 g/mol. The Hall–Kier alpha value is -1.66. The monoisotopic (exact) mass is 297 g/mol. The summed E-state index contributed by atoms with van der Waals surface area (Å²) >= 11 is 7.13. The van der Waals surface area contributed by atoms with Gasteiger partial charge in [-0.05, 0) is 13.0 Å². The van der Waals surface area contributed by atoms with Gasteiger partial charge < -0.3 is 10.1 Å². The topological polar surface area (TPSA) is 64.1 Å². The van der Waals surface area contributed by atoms with Crippen molar-refractivity contribution in [2.45, 2.75) is 13.5 Å². The fraction of sp³-hybridized carbons (Fsp3) is 0.250. The number of carbonyl (C=O) groups is 1. The molecule has 2 rings (SSSR count). The van der Waals surface area contributed by atoms with E-state index in [1.165, 1.54) is 17.5 Å². The molecule has 0 bridgehead atoms. The predicted molar refractivity (Wildman–Crippen MR) is 74.6 cm³/mol. The predicted octanol–water partition coefficient (Wildman–Crippen LogP) is 2.98. The molecule has 2 heterocycles. The van der Waals surface area contributed by atoms with Gasteiger partial charge in [0, 0.05) is 6.20 Å². The summed E-state index contributed by atoms with van der Waals surface area (Å²) in [7, 11) is 0. The molecule has 0 amide bonds. The lowest BCUT2D eigenvalue weighted by Crippen LogP contribution is -2.01. The highest BCUT2D eigenvalue weighted by molar-refractivity contribution is 7.13. The Morgan fingerprint density at radius 1 is 1.47 bits per heavy atom. The molecule has 0 radical (unpaired) electrons. The maximum atomic E-state index is 11.5. The van der Waals surface area contributed by atoms with Gasteiger partial charge in [0.25, 0.3) is 0 Å². The van der Waals surface area contributed by atoms with Crippen LogP contribution in [0.1, 0.15) is 21.6 Å². The Morgan fingerprint density at radius 3 is 3.05 bits per heavy atom. The van der Waals surface area contributed by atoms with Gasteiger partial charge in [0.2, 0.25) is 0 Å². The molecule has 100 valence electrons. The molecule has 5 nitrogen and oxygen atoms in total. The molecule has 0 fully saturated rings. The highest BCUT2D eigenvalue weighted by Crippen LogP contribution is 2.17. The lowest BCUT2D eigenvalue weighted by molar-refractivity contribution is 0.0532. The van der Waals surface area contributed by atoms with Gasteiger partial charge in [-0.3, -0.25) is 4.98 Å². The molecule has 0 aliphatic carbocycles. The first-order chi connectivity index (χ1) is 9.19. The van der Waals surface area contributed by atoms with E-state index in [1.54, 1.807) is 25.4 Å². The molecule has 0 saturated carbocycles. The molecule has 0 unspecified atom stereocenters. The number of carbonyl (C=O) groups excluding carboxylic acids is 1. The highest BCUT2D eigenvalue weighted by atomic mass is 35.5. The Kier molecular flexibility index (Phi) is 4.70. The summed E-state index contributed by atoms with van der Waals surface area (Å²) in [5.74, 6) is -0.337. The quantitative estimate of drug-likeness (QED) is 0.860. The smallest absolute Gasteiger partial charge is 0.349 e. The third-order valence-electron chi connectivity index (χ3n) is 2.18. The van der Waals surface area contributed by atoms with Crippen LogP contribution in [0.2, 0.25) is 5.02 Å². The second-order valence-electron chi connectivity index (χ2n) is 3.58. The van der Waals surface area contributed by atoms with E-state index >= 15 is 0 Å². The van der Waals surface area contributed by atoms with Crippen molar-refractivity contribution >= 4 is 34.6 Å². The van der Waals surface area contributed by atoms with Crippen molar-refractivity contribution in [1.82, 2.24) is 9.97 Å². The Morgan fingerprint density at radius 2 is 2.32 bits per heavy atom. The maximum Gasteiger partial charge on any atom is 0.349 e. The summed E-state index contributed by atoms with van der Waals surface area (Å²) in [5, 5.41) is 4.50. The third-order valence-corrected chi connectivity index (χ3v) is 3.36. The van der Waals surface area contributed by atoms with Crippen molar-refractivity contribution in [3.8, 4) is 0 Å². The zero-order valence-electron chi connectivity index (χ0n) is 10.2. The van der Waals surface area contributed by atoms with Gasteiger partial charge in [-0.25, -0.2) is 9.78 Å². The Labute approximate surface area is 119 Å². The van der Waals surface area contributed by atoms with Gasteiger partial charge in [-0.15, -0.1) is 11.3 Å². The molecule has 2 aromatic rings. The molecule has 2 aromatic heterocycles. The van der Waals surface area contributed by atoms with Gasteiger partial charge in [0.15, 0.2) is 0 Å². The number of ether oxygens (including phenoxy) is 1. The number of nitrogens with zero attached hydrogens (tertiary/aromatic N) is 2. The summed E-state index contributed by atoms with van der Waals surface area (Å²) < 4.78 is 4.90. The van der Waals surface area contributed by atoms with E-state index in [2.05, 4.69) is 15.3 Å². The first kappa shape index (κ1) is 13.8. The van der Waals surface area contributed by atoms with Crippen LogP contribution in [0.5, 0.6) is 0 Å². The van der Waals surface area contributed by atoms with Crippen molar-refractivity contribution in [2.24, 2.45) is 0 Å². The second-order valence-corrected chi connectivity index (χ2v) is 5.14. The molecular formula is C12H12ClN3O2S. The molecule has 0 spiro atoms. The summed E-state index contributed by atoms with van der Waals surface area (Å²) in [6.07, 6.45) is 4.76. The first-order valence-electron chi connectivity index (χ1n) is 5.65. The number of anilines is 1. The summed E-state index contributed by atoms with van der Waals surface area (Å²) in [4.78, 5) is 20.1. The van der Waals surface area contributed by atoms with E-state index in [9.17, 15) is 4.79 Å². The number of hydrogen-bond acceptors (Lipinski definition) is 6. The summed E-state index contributed by atoms with van der Waals surface area (Å²) in [6, 6.07) is 1.77. The number of esters is 1. The molecule has 0 aliphatic rings. The molecule has 0 aromatic carbocycles. The van der Waals surface area contributed by atoms with Gasteiger partial charge in [-0.2, -0.15) is 0 Å². The standard InChI is InChI=1S/C12H12ClN3O2S/c1-2-18-12(17)10-6-16-11(19-10)7-15-9-3-8(13)4-14-5-9/h3-6,15H,2,7H2,1H3. The van der Waals surface area contributed by atoms with Crippen LogP contribution in [-0.2, 0) is 11.3 Å². The van der Waals surface area contributed by atoms with Crippen LogP contribution < -0.4 is 5.32 Å². The largest absolute Gasteiger partial charge is 0.462 e. The first-order valence-corrected chi connectivity index (χ1v) is 6.84. The molecule has 0 saturated heterocycles. The van der Waals surface area contributed by atoms with Gasteiger partial charge in [-0.1, -0.05) is 11.6 Å². The fourth-order valence-electron chi connectivity index (χ4n) is 1.37. The zero-order chi connectivity index (χ0) is 13.7. The average Bonchev–Trinajstić information content (AvgIpc) is 2.86. The van der Waals surface area contributed by atoms with E-state index in [1.807, 2.05) is 0 Å². The lowest BCUT2D eigenvalue weighted by Gasteiger charge is -2.03. The van der Waals surface area contributed by atoms with Gasteiger partial charge >= 0.3 is 5.97 Å². The number of hydrogen-bond donors (Lipinski definition) is 1. The van der Waals surface area contributed by atoms with E-state index in [4.69, 9.17) is 16.3 Å². The normalized spacial score (nSPS) is 10.2. The van der Waals surface area contributed by atoms with E-state index < -0.39 is 0 Å². The SMILES string of the molecule is CCOC(=O)c1cnc(CNc2cncc(Cl)c2)s1. The van der Waals surface area contributed by atoms with Crippen molar-refractivity contribution in [1.29, 1.82) is 0 Å². The summed E-state index contributed by atoms with van der Waals surface area (Å²) in [5.41, 5.74) is 0.806. The van der Waals surface area contributed by atoms with Crippen molar-refractivity contribution in [2.75, 3.05) is 11.9 Å². The number of rotatable bonds is 5. The van der Waals surface area contributed by atoms with E-state index in [-0.39, 0.29) is 5.97 Å². The number of pyridine rings is 1. The molecule has 1 N–H and O–H groups in total. The third kappa shape index (κ3) is 3.90. The van der Waals surface area contributed by atoms with Crippen LogP contribution in [-0.4, -0.2) is 22.5 Å². The van der Waals surface area contributed by atoms with Crippen molar-refractivity contribution < 1.29 is 9.53 Å². The van der Waals surface area contributed by atoms with Crippen LogP contribution in [0, 0.1) is 0 Å². The molecule has 0 atom stereocenters. The van der Waals surface area contributed by atoms with Crippen LogP contribution in [0.3, 0.4) is 0 Å². The van der Waals surface area contributed by atoms with Crippen LogP contribution in [0.25, 0.3) is 0 Å². The zero-order valence-corrected chi connectivity index (χ0v) is 11.8. The second kappa shape index (κ2) is 6.49. The van der Waals surface area contributed by atoms with Crippen LogP contribution in [0.4, 0.5) is 5.69 Å². The average molecular weight is 298 g/mol. The molecule has 7 heteroatoms. The minimum atomic E-state index is -0.337.